The van der Waals surface area contributed by atoms with Gasteiger partial charge in [-0.25, -0.2) is 14.8 Å². The Labute approximate surface area is 394 Å². The zero-order chi connectivity index (χ0) is 43.1. The van der Waals surface area contributed by atoms with Crippen molar-refractivity contribution in [1.82, 2.24) is 38.9 Å². The number of halogens is 3. The maximum Gasteiger partial charge on any atom is 0.352 e. The number of aromatic amines is 1. The van der Waals surface area contributed by atoms with E-state index < -0.39 is 11.5 Å². The molecule has 0 aliphatic carbocycles. The molecule has 1 aliphatic heterocycles. The highest BCUT2D eigenvalue weighted by atomic mass is 79.9. The zero-order valence-corrected chi connectivity index (χ0v) is 44.9. The Morgan fingerprint density at radius 3 is 1.90 bits per heavy atom. The van der Waals surface area contributed by atoms with Crippen molar-refractivity contribution in [3.63, 3.8) is 0 Å². The highest BCUT2D eigenvalue weighted by Crippen LogP contribution is 2.71. The van der Waals surface area contributed by atoms with Gasteiger partial charge in [-0.15, -0.1) is 43.8 Å². The van der Waals surface area contributed by atoms with Crippen molar-refractivity contribution in [3.05, 3.63) is 161 Å². The number of rotatable bonds is 10. The number of fused-ring (bicyclic) bond motifs is 1. The van der Waals surface area contributed by atoms with Crippen LogP contribution in [0, 0.1) is 13.8 Å². The van der Waals surface area contributed by atoms with Gasteiger partial charge in [-0.3, -0.25) is 14.4 Å². The fourth-order valence-electron chi connectivity index (χ4n) is 5.48. The molecule has 2 aromatic carbocycles. The number of imidazole rings is 2. The third-order valence-electron chi connectivity index (χ3n) is 8.38. The van der Waals surface area contributed by atoms with Gasteiger partial charge < -0.3 is 39.1 Å². The smallest absolute Gasteiger partial charge is 0.352 e. The topological polar surface area (TPSA) is 180 Å². The number of carbonyl (C=O) groups excluding carboxylic acids is 1. The van der Waals surface area contributed by atoms with E-state index in [0.29, 0.717) is 43.2 Å². The quantitative estimate of drug-likeness (QED) is 0.0783. The summed E-state index contributed by atoms with van der Waals surface area (Å²) in [6.45, 7) is 7.01. The first-order valence-corrected chi connectivity index (χ1v) is 27.6. The molecule has 0 radical (unpaired) electrons. The average Bonchev–Trinajstić information content (AvgIpc) is 3.86. The van der Waals surface area contributed by atoms with Crippen LogP contribution in [-0.2, 0) is 19.6 Å². The number of pyridine rings is 2. The van der Waals surface area contributed by atoms with Crippen molar-refractivity contribution in [2.24, 2.45) is 0 Å². The van der Waals surface area contributed by atoms with Crippen molar-refractivity contribution < 1.29 is 19.8 Å². The molecular weight excluding hydrogens is 1090 g/mol. The number of H-pyrrole nitrogens is 1. The molecule has 5 heterocycles. The number of nitrogens with zero attached hydrogens (tertiary/aromatic N) is 6. The van der Waals surface area contributed by atoms with Gasteiger partial charge in [0.2, 0.25) is 0 Å². The molecule has 14 nitrogen and oxygen atoms in total. The van der Waals surface area contributed by atoms with Gasteiger partial charge in [0.1, 0.15) is 22.8 Å². The molecule has 6 aromatic rings. The van der Waals surface area contributed by atoms with Crippen LogP contribution in [0.4, 0.5) is 0 Å². The Morgan fingerprint density at radius 2 is 1.41 bits per heavy atom. The standard InChI is InChI=1S/C19H17BrN4O2.C10H9N3O3.C9H12BrNO.BrH.H7P5.H3P/c1-13-10-23(12-21-13)16-6-7-17-18(25)22(8-9-24(17)19(16)26)11-14-4-2-3-5-15(14)20;1-6-4-13(5-11-6)8-3-2-7(10(15)16)12-9(8)14;10-9-4-2-1-3-8(9)7-11-5-6-12;;1-4-5(2)3;/h2-7,10,12H,8-9,11H2,1H3;2-5H,1H3,(H,12,14)(H,15,16);1-4,11-12H,5-7H2;1H;4H,1-3H2;1H3. The number of aromatic nitrogens is 6. The normalized spacial score (nSPS) is 11.6. The lowest BCUT2D eigenvalue weighted by molar-refractivity contribution is 0.0679. The molecule has 7 rings (SSSR count). The van der Waals surface area contributed by atoms with Gasteiger partial charge >= 0.3 is 5.97 Å². The first-order chi connectivity index (χ1) is 28.2. The minimum atomic E-state index is -1.16. The number of carboxylic acids is 1. The van der Waals surface area contributed by atoms with Crippen LogP contribution in [-0.4, -0.2) is 75.3 Å². The van der Waals surface area contributed by atoms with E-state index in [4.69, 9.17) is 10.2 Å². The summed E-state index contributed by atoms with van der Waals surface area (Å²) in [6.07, 6.45) is 6.60. The van der Waals surface area contributed by atoms with E-state index >= 15 is 0 Å². The number of aryl methyl sites for hydroxylation is 2. The molecule has 0 bridgehead atoms. The molecule has 0 spiro atoms. The molecule has 1 amide bonds. The van der Waals surface area contributed by atoms with Crippen molar-refractivity contribution in [2.45, 2.75) is 33.5 Å². The lowest BCUT2D eigenvalue weighted by Gasteiger charge is -2.30. The van der Waals surface area contributed by atoms with Crippen LogP contribution in [0.2, 0.25) is 0 Å². The largest absolute Gasteiger partial charge is 0.477 e. The lowest BCUT2D eigenvalue weighted by atomic mass is 10.1. The third kappa shape index (κ3) is 16.6. The number of benzene rings is 2. The van der Waals surface area contributed by atoms with E-state index in [2.05, 4.69) is 85.0 Å². The van der Waals surface area contributed by atoms with Crippen molar-refractivity contribution in [3.8, 4) is 11.4 Å². The summed E-state index contributed by atoms with van der Waals surface area (Å²) in [5, 5.41) is 20.3. The van der Waals surface area contributed by atoms with E-state index in [-0.39, 0.29) is 57.6 Å². The van der Waals surface area contributed by atoms with Gasteiger partial charge in [-0.1, -0.05) is 76.2 Å². The summed E-state index contributed by atoms with van der Waals surface area (Å²) < 4.78 is 6.88. The Morgan fingerprint density at radius 1 is 0.869 bits per heavy atom. The molecule has 4 N–H and O–H groups in total. The molecular formula is C38H49Br3N8O6P6. The van der Waals surface area contributed by atoms with E-state index in [9.17, 15) is 19.2 Å². The maximum absolute atomic E-state index is 12.9. The predicted molar refractivity (Wildman–Crippen MR) is 276 cm³/mol. The first kappa shape index (κ1) is 54.8. The van der Waals surface area contributed by atoms with Crippen LogP contribution in [0.1, 0.15) is 43.5 Å². The number of carbonyl (C=O) groups is 2. The summed E-state index contributed by atoms with van der Waals surface area (Å²) in [5.74, 6) is -1.29. The van der Waals surface area contributed by atoms with Gasteiger partial charge in [0.05, 0.1) is 30.6 Å². The van der Waals surface area contributed by atoms with Crippen LogP contribution in [0.5, 0.6) is 0 Å². The number of hydrogen-bond acceptors (Lipinski definition) is 8. The lowest BCUT2D eigenvalue weighted by Crippen LogP contribution is -2.44. The molecule has 4 aromatic heterocycles. The van der Waals surface area contributed by atoms with Gasteiger partial charge in [-0.2, -0.15) is 9.90 Å². The minimum Gasteiger partial charge on any atom is -0.477 e. The molecule has 0 fully saturated rings. The molecule has 5 atom stereocenters. The Balaban J connectivity index is 0.000000315. The van der Waals surface area contributed by atoms with Crippen molar-refractivity contribution in [1.29, 1.82) is 0 Å². The highest BCUT2D eigenvalue weighted by molar-refractivity contribution is 9.10. The first-order valence-electron chi connectivity index (χ1n) is 17.8. The number of aliphatic hydroxyl groups excluding tert-OH is 1. The second-order valence-corrected chi connectivity index (χ2v) is 28.3. The van der Waals surface area contributed by atoms with Crippen molar-refractivity contribution in [2.75, 3.05) is 19.7 Å². The van der Waals surface area contributed by atoms with Crippen molar-refractivity contribution >= 4 is 112 Å². The molecule has 5 unspecified atom stereocenters. The molecule has 61 heavy (non-hydrogen) atoms. The SMILES string of the molecule is Br.Cc1cn(-c2ccc(C(=O)O)[nH]c2=O)cn1.Cc1cn(-c2ccc3n(c2=O)CCN(Cc2ccccc2Br)C3=O)cn1.OCCNCc1ccccc1Br.P.PPP(P)P. The van der Waals surface area contributed by atoms with Gasteiger partial charge in [0, 0.05) is 54.1 Å². The summed E-state index contributed by atoms with van der Waals surface area (Å²) in [6, 6.07) is 22.1. The monoisotopic (exact) mass is 1140 g/mol. The van der Waals surface area contributed by atoms with Gasteiger partial charge in [0.25, 0.3) is 17.0 Å². The summed E-state index contributed by atoms with van der Waals surface area (Å²) in [7, 11) is 9.24. The molecule has 23 heteroatoms. The Hall–Kier alpha value is -2.36. The number of carboxylic acid groups (broad SMARTS) is 1. The molecule has 1 aliphatic rings. The number of hydrogen-bond donors (Lipinski definition) is 4. The second-order valence-electron chi connectivity index (χ2n) is 12.6. The number of nitrogens with one attached hydrogen (secondary N) is 2. The van der Waals surface area contributed by atoms with Crippen LogP contribution in [0.15, 0.2) is 116 Å². The Kier molecular flexibility index (Phi) is 24.9. The summed E-state index contributed by atoms with van der Waals surface area (Å²) >= 11 is 6.97. The number of amides is 1. The van der Waals surface area contributed by atoms with E-state index in [0.717, 1.165) is 40.4 Å². The molecule has 0 saturated carbocycles. The average molecular weight is 1140 g/mol. The van der Waals surface area contributed by atoms with E-state index in [1.165, 1.54) is 24.0 Å². The van der Waals surface area contributed by atoms with Crippen LogP contribution in [0.25, 0.3) is 11.4 Å². The fraction of sp³-hybridized carbons (Fsp3) is 0.211. The number of aromatic carboxylic acids is 1. The van der Waals surface area contributed by atoms with Crippen LogP contribution >= 0.6 is 100 Å². The van der Waals surface area contributed by atoms with Gasteiger partial charge in [-0.05, 0) is 68.4 Å². The predicted octanol–water partition coefficient (Wildman–Crippen LogP) is 7.93. The molecule has 0 saturated heterocycles. The maximum atomic E-state index is 12.9. The van der Waals surface area contributed by atoms with Gasteiger partial charge in [0.15, 0.2) is 0 Å². The minimum absolute atomic E-state index is 0. The van der Waals surface area contributed by atoms with Crippen LogP contribution < -0.4 is 16.4 Å². The van der Waals surface area contributed by atoms with Crippen LogP contribution in [0.3, 0.4) is 0 Å². The van der Waals surface area contributed by atoms with E-state index in [1.807, 2.05) is 49.4 Å². The Bertz CT molecular complexity index is 2470. The zero-order valence-electron chi connectivity index (χ0n) is 33.2. The van der Waals surface area contributed by atoms with E-state index in [1.54, 1.807) is 56.4 Å². The number of aliphatic hydroxyl groups is 1. The third-order valence-corrected chi connectivity index (χ3v) is 21.9. The second kappa shape index (κ2) is 27.7. The highest BCUT2D eigenvalue weighted by Gasteiger charge is 2.26. The summed E-state index contributed by atoms with van der Waals surface area (Å²) in [5.41, 5.74) is 4.37. The molecule has 328 valence electrons. The fourth-order valence-corrected chi connectivity index (χ4v) is 6.32. The summed E-state index contributed by atoms with van der Waals surface area (Å²) in [4.78, 5) is 60.1.